The Bertz CT molecular complexity index is 1370. The summed E-state index contributed by atoms with van der Waals surface area (Å²) < 4.78 is 26.1. The van der Waals surface area contributed by atoms with Crippen LogP contribution in [-0.4, -0.2) is 38.5 Å². The second-order valence-electron chi connectivity index (χ2n) is 7.64. The summed E-state index contributed by atoms with van der Waals surface area (Å²) in [7, 11) is -0.696. The third kappa shape index (κ3) is 4.33. The molecule has 1 heterocycles. The zero-order chi connectivity index (χ0) is 23.6. The number of hydroxylamine groups is 2. The van der Waals surface area contributed by atoms with Crippen molar-refractivity contribution < 1.29 is 18.0 Å². The van der Waals surface area contributed by atoms with Crippen LogP contribution in [0.15, 0.2) is 94.9 Å². The Labute approximate surface area is 193 Å². The Hall–Kier alpha value is -3.68. The van der Waals surface area contributed by atoms with Crippen LogP contribution in [-0.2, 0) is 14.7 Å². The Kier molecular flexibility index (Phi) is 6.18. The van der Waals surface area contributed by atoms with E-state index in [0.29, 0.717) is 16.8 Å². The normalized spacial score (nSPS) is 11.4. The van der Waals surface area contributed by atoms with E-state index in [-0.39, 0.29) is 15.7 Å². The molecule has 168 valence electrons. The molecule has 0 radical (unpaired) electrons. The van der Waals surface area contributed by atoms with Crippen molar-refractivity contribution in [1.29, 1.82) is 0 Å². The predicted octanol–water partition coefficient (Wildman–Crippen LogP) is 5.12. The molecule has 0 spiro atoms. The molecule has 1 N–H and O–H groups in total. The maximum Gasteiger partial charge on any atom is 0.294 e. The van der Waals surface area contributed by atoms with E-state index in [4.69, 9.17) is 4.84 Å². The maximum atomic E-state index is 13.1. The molecule has 0 unspecified atom stereocenters. The third-order valence-corrected chi connectivity index (χ3v) is 7.31. The van der Waals surface area contributed by atoms with Gasteiger partial charge in [0.2, 0.25) is 9.84 Å². The second-order valence-corrected chi connectivity index (χ2v) is 9.59. The first kappa shape index (κ1) is 22.5. The van der Waals surface area contributed by atoms with Gasteiger partial charge < -0.3 is 4.98 Å². The van der Waals surface area contributed by atoms with E-state index >= 15 is 0 Å². The minimum Gasteiger partial charge on any atom is -0.356 e. The van der Waals surface area contributed by atoms with Gasteiger partial charge in [0.25, 0.3) is 5.91 Å². The first-order valence-electron chi connectivity index (χ1n) is 10.3. The molecule has 1 aromatic heterocycles. The molecule has 0 aliphatic heterocycles. The number of amides is 1. The van der Waals surface area contributed by atoms with Gasteiger partial charge in [-0.25, -0.2) is 13.5 Å². The van der Waals surface area contributed by atoms with Gasteiger partial charge in [0.05, 0.1) is 16.9 Å². The van der Waals surface area contributed by atoms with Crippen molar-refractivity contribution in [2.24, 2.45) is 0 Å². The number of aromatic nitrogens is 1. The number of aryl methyl sites for hydroxylation is 1. The van der Waals surface area contributed by atoms with Crippen molar-refractivity contribution in [2.45, 2.75) is 16.7 Å². The highest BCUT2D eigenvalue weighted by molar-refractivity contribution is 7.91. The van der Waals surface area contributed by atoms with Gasteiger partial charge in [-0.15, -0.1) is 0 Å². The molecular weight excluding hydrogens is 436 g/mol. The lowest BCUT2D eigenvalue weighted by Gasteiger charge is -2.15. The number of benzene rings is 3. The minimum atomic E-state index is -3.65. The summed E-state index contributed by atoms with van der Waals surface area (Å²) >= 11 is 0. The highest BCUT2D eigenvalue weighted by Crippen LogP contribution is 2.36. The number of aromatic amines is 1. The molecule has 1 amide bonds. The smallest absolute Gasteiger partial charge is 0.294 e. The van der Waals surface area contributed by atoms with Crippen molar-refractivity contribution >= 4 is 15.7 Å². The summed E-state index contributed by atoms with van der Waals surface area (Å²) in [4.78, 5) is 21.5. The molecule has 7 heteroatoms. The minimum absolute atomic E-state index is 0.189. The molecule has 0 bridgehead atoms. The van der Waals surface area contributed by atoms with Gasteiger partial charge in [0, 0.05) is 24.4 Å². The SMILES string of the molecule is CON(C)C(=O)c1[nH]cc(-c2ccccc2)c1-c1ccc(S(=O)(=O)c2ccc(C)cc2)cc1. The standard InChI is InChI=1S/C26H24N2O4S/c1-18-9-13-21(14-10-18)33(30,31)22-15-11-20(12-16-22)24-23(19-7-5-4-6-8-19)17-27-25(24)26(29)28(2)32-3/h4-17,27H,1-3H3. The average Bonchev–Trinajstić information content (AvgIpc) is 3.29. The van der Waals surface area contributed by atoms with Gasteiger partial charge >= 0.3 is 0 Å². The van der Waals surface area contributed by atoms with Gasteiger partial charge in [0.15, 0.2) is 0 Å². The van der Waals surface area contributed by atoms with Crippen molar-refractivity contribution in [3.8, 4) is 22.3 Å². The zero-order valence-electron chi connectivity index (χ0n) is 18.6. The maximum absolute atomic E-state index is 13.1. The average molecular weight is 461 g/mol. The van der Waals surface area contributed by atoms with Crippen LogP contribution in [0.5, 0.6) is 0 Å². The van der Waals surface area contributed by atoms with Gasteiger partial charge in [-0.3, -0.25) is 9.63 Å². The van der Waals surface area contributed by atoms with E-state index in [9.17, 15) is 13.2 Å². The van der Waals surface area contributed by atoms with E-state index in [2.05, 4.69) is 4.98 Å². The van der Waals surface area contributed by atoms with E-state index in [0.717, 1.165) is 21.8 Å². The van der Waals surface area contributed by atoms with Crippen LogP contribution in [0.3, 0.4) is 0 Å². The molecule has 4 rings (SSSR count). The highest BCUT2D eigenvalue weighted by atomic mass is 32.2. The van der Waals surface area contributed by atoms with Gasteiger partial charge in [-0.1, -0.05) is 60.2 Å². The van der Waals surface area contributed by atoms with Crippen LogP contribution in [0, 0.1) is 6.92 Å². The number of rotatable bonds is 6. The second kappa shape index (κ2) is 9.05. The first-order chi connectivity index (χ1) is 15.8. The zero-order valence-corrected chi connectivity index (χ0v) is 19.4. The molecule has 0 fully saturated rings. The summed E-state index contributed by atoms with van der Waals surface area (Å²) in [6.45, 7) is 1.91. The monoisotopic (exact) mass is 460 g/mol. The molecule has 0 saturated carbocycles. The van der Waals surface area contributed by atoms with Crippen LogP contribution in [0.25, 0.3) is 22.3 Å². The van der Waals surface area contributed by atoms with Crippen LogP contribution in [0.2, 0.25) is 0 Å². The topological polar surface area (TPSA) is 79.5 Å². The molecule has 3 aromatic carbocycles. The van der Waals surface area contributed by atoms with Gasteiger partial charge in [0.1, 0.15) is 5.69 Å². The van der Waals surface area contributed by atoms with E-state index in [1.807, 2.05) is 37.3 Å². The summed E-state index contributed by atoms with van der Waals surface area (Å²) in [5, 5.41) is 1.14. The molecule has 6 nitrogen and oxygen atoms in total. The number of hydrogen-bond donors (Lipinski definition) is 1. The summed E-state index contributed by atoms with van der Waals surface area (Å²) in [5.41, 5.74) is 4.49. The van der Waals surface area contributed by atoms with Crippen LogP contribution in [0.1, 0.15) is 16.1 Å². The lowest BCUT2D eigenvalue weighted by molar-refractivity contribution is -0.0759. The van der Waals surface area contributed by atoms with Crippen LogP contribution >= 0.6 is 0 Å². The first-order valence-corrected chi connectivity index (χ1v) is 11.8. The summed E-state index contributed by atoms with van der Waals surface area (Å²) in [5.74, 6) is -0.342. The predicted molar refractivity (Wildman–Crippen MR) is 127 cm³/mol. The number of carbonyl (C=O) groups excluding carboxylic acids is 1. The fraction of sp³-hybridized carbons (Fsp3) is 0.115. The number of hydrogen-bond acceptors (Lipinski definition) is 4. The van der Waals surface area contributed by atoms with Crippen LogP contribution in [0.4, 0.5) is 0 Å². The molecule has 0 saturated heterocycles. The third-order valence-electron chi connectivity index (χ3n) is 5.52. The van der Waals surface area contributed by atoms with E-state index in [1.165, 1.54) is 14.2 Å². The highest BCUT2D eigenvalue weighted by Gasteiger charge is 2.24. The van der Waals surface area contributed by atoms with Crippen molar-refractivity contribution in [1.82, 2.24) is 10.0 Å². The Balaban J connectivity index is 1.81. The summed E-state index contributed by atoms with van der Waals surface area (Å²) in [6, 6.07) is 23.0. The Morgan fingerprint density at radius 1 is 0.848 bits per heavy atom. The van der Waals surface area contributed by atoms with Crippen molar-refractivity contribution in [2.75, 3.05) is 14.2 Å². The van der Waals surface area contributed by atoms with E-state index < -0.39 is 9.84 Å². The number of carbonyl (C=O) groups is 1. The molecule has 0 aliphatic carbocycles. The quantitative estimate of drug-likeness (QED) is 0.405. The lowest BCUT2D eigenvalue weighted by atomic mass is 9.96. The van der Waals surface area contributed by atoms with Gasteiger partial charge in [-0.05, 0) is 42.3 Å². The number of nitrogens with one attached hydrogen (secondary N) is 1. The largest absolute Gasteiger partial charge is 0.356 e. The van der Waals surface area contributed by atoms with Crippen LogP contribution < -0.4 is 0 Å². The summed E-state index contributed by atoms with van der Waals surface area (Å²) in [6.07, 6.45) is 1.78. The Morgan fingerprint density at radius 3 is 2.00 bits per heavy atom. The lowest BCUT2D eigenvalue weighted by Crippen LogP contribution is -2.26. The molecular formula is C26H24N2O4S. The number of H-pyrrole nitrogens is 1. The fourth-order valence-corrected chi connectivity index (χ4v) is 4.89. The van der Waals surface area contributed by atoms with Gasteiger partial charge in [-0.2, -0.15) is 0 Å². The van der Waals surface area contributed by atoms with Crippen molar-refractivity contribution in [3.63, 3.8) is 0 Å². The Morgan fingerprint density at radius 2 is 1.42 bits per heavy atom. The molecule has 4 aromatic rings. The molecule has 0 atom stereocenters. The molecule has 33 heavy (non-hydrogen) atoms. The number of nitrogens with zero attached hydrogens (tertiary/aromatic N) is 1. The molecule has 0 aliphatic rings. The number of sulfone groups is 1. The fourth-order valence-electron chi connectivity index (χ4n) is 3.63. The van der Waals surface area contributed by atoms with E-state index in [1.54, 1.807) is 54.7 Å². The van der Waals surface area contributed by atoms with Crippen molar-refractivity contribution in [3.05, 3.63) is 96.3 Å².